The Bertz CT molecular complexity index is 1550. The molecule has 43 heavy (non-hydrogen) atoms. The molecule has 0 radical (unpaired) electrons. The number of rotatable bonds is 7. The molecule has 10 nitrogen and oxygen atoms in total. The number of methoxy groups -OCH3 is 1. The number of primary amides is 1. The summed E-state index contributed by atoms with van der Waals surface area (Å²) in [6, 6.07) is 11.6. The van der Waals surface area contributed by atoms with Crippen LogP contribution in [0.2, 0.25) is 0 Å². The molecule has 3 aromatic rings. The van der Waals surface area contributed by atoms with Crippen molar-refractivity contribution < 1.29 is 19.1 Å². The molecule has 0 bridgehead atoms. The molecule has 5 rings (SSSR count). The molecular weight excluding hydrogens is 544 g/mol. The number of nitrogens with two attached hydrogens (primary N) is 1. The number of hydrogen-bond donors (Lipinski definition) is 2. The van der Waals surface area contributed by atoms with E-state index < -0.39 is 5.91 Å². The van der Waals surface area contributed by atoms with Gasteiger partial charge in [-0.25, -0.2) is 0 Å². The number of hydrogen-bond acceptors (Lipinski definition) is 6. The van der Waals surface area contributed by atoms with Crippen molar-refractivity contribution in [1.82, 2.24) is 19.3 Å². The van der Waals surface area contributed by atoms with Crippen molar-refractivity contribution in [2.45, 2.75) is 51.6 Å². The third kappa shape index (κ3) is 6.12. The molecule has 0 saturated carbocycles. The maximum absolute atomic E-state index is 13.7. The van der Waals surface area contributed by atoms with E-state index in [1.165, 1.54) is 7.11 Å². The smallest absolute Gasteiger partial charge is 0.272 e. The lowest BCUT2D eigenvalue weighted by Crippen LogP contribution is -2.52. The SMILES string of the molecule is COc1c(NC(=O)c2cc3cccc(CN4CCN(C(=O)[C@@H]5CCCN5C)CC4)c3n2C)cc(C(C)(C)C)cc1C(N)=O. The lowest BCUT2D eigenvalue weighted by molar-refractivity contribution is -0.137. The highest BCUT2D eigenvalue weighted by atomic mass is 16.5. The van der Waals surface area contributed by atoms with Crippen LogP contribution in [0, 0.1) is 0 Å². The fourth-order valence-corrected chi connectivity index (χ4v) is 6.39. The molecule has 230 valence electrons. The quantitative estimate of drug-likeness (QED) is 0.436. The van der Waals surface area contributed by atoms with Crippen LogP contribution in [0.15, 0.2) is 36.4 Å². The number of aromatic nitrogens is 1. The fraction of sp³-hybridized carbons (Fsp3) is 0.485. The Hall–Kier alpha value is -3.89. The maximum Gasteiger partial charge on any atom is 0.272 e. The molecule has 0 unspecified atom stereocenters. The summed E-state index contributed by atoms with van der Waals surface area (Å²) in [6.45, 7) is 10.9. The number of piperazine rings is 1. The van der Waals surface area contributed by atoms with Crippen molar-refractivity contribution in [1.29, 1.82) is 0 Å². The van der Waals surface area contributed by atoms with Crippen molar-refractivity contribution in [3.05, 3.63) is 58.8 Å². The highest BCUT2D eigenvalue weighted by Gasteiger charge is 2.33. The first-order chi connectivity index (χ1) is 20.4. The van der Waals surface area contributed by atoms with Gasteiger partial charge in [-0.1, -0.05) is 39.0 Å². The van der Waals surface area contributed by atoms with E-state index in [1.54, 1.807) is 6.07 Å². The molecule has 10 heteroatoms. The monoisotopic (exact) mass is 588 g/mol. The lowest BCUT2D eigenvalue weighted by atomic mass is 9.85. The summed E-state index contributed by atoms with van der Waals surface area (Å²) in [5, 5.41) is 3.95. The Labute approximate surface area is 253 Å². The average Bonchev–Trinajstić information content (AvgIpc) is 3.55. The Balaban J connectivity index is 1.35. The second-order valence-electron chi connectivity index (χ2n) is 12.9. The normalized spacial score (nSPS) is 18.3. The number of likely N-dealkylation sites (N-methyl/N-ethyl adjacent to an activating group) is 1. The van der Waals surface area contributed by atoms with Gasteiger partial charge in [-0.15, -0.1) is 0 Å². The largest absolute Gasteiger partial charge is 0.494 e. The Morgan fingerprint density at radius 1 is 1.02 bits per heavy atom. The van der Waals surface area contributed by atoms with Crippen LogP contribution < -0.4 is 15.8 Å². The van der Waals surface area contributed by atoms with Gasteiger partial charge >= 0.3 is 0 Å². The van der Waals surface area contributed by atoms with Gasteiger partial charge in [-0.05, 0) is 61.2 Å². The van der Waals surface area contributed by atoms with E-state index in [0.29, 0.717) is 11.4 Å². The summed E-state index contributed by atoms with van der Waals surface area (Å²) in [7, 11) is 5.39. The summed E-state index contributed by atoms with van der Waals surface area (Å²) >= 11 is 0. The number of carbonyl (C=O) groups excluding carboxylic acids is 3. The minimum absolute atomic E-state index is 0.0199. The van der Waals surface area contributed by atoms with Gasteiger partial charge in [0.2, 0.25) is 5.91 Å². The molecule has 1 aromatic heterocycles. The highest BCUT2D eigenvalue weighted by Crippen LogP contribution is 2.36. The molecule has 2 fully saturated rings. The Kier molecular flexibility index (Phi) is 8.54. The van der Waals surface area contributed by atoms with E-state index in [9.17, 15) is 14.4 Å². The van der Waals surface area contributed by atoms with Crippen LogP contribution in [0.25, 0.3) is 10.9 Å². The van der Waals surface area contributed by atoms with Crippen LogP contribution in [0.4, 0.5) is 5.69 Å². The fourth-order valence-electron chi connectivity index (χ4n) is 6.39. The first-order valence-corrected chi connectivity index (χ1v) is 15.0. The molecule has 2 aliphatic rings. The third-order valence-corrected chi connectivity index (χ3v) is 8.93. The van der Waals surface area contributed by atoms with Gasteiger partial charge in [0.05, 0.1) is 29.9 Å². The third-order valence-electron chi connectivity index (χ3n) is 8.93. The summed E-state index contributed by atoms with van der Waals surface area (Å²) in [6.07, 6.45) is 2.03. The standard InChI is InChI=1S/C33H44N6O4/c1-33(2,3)23-18-24(30(34)40)29(43-6)25(19-23)35-31(41)27-17-21-9-7-10-22(28(21)37(27)5)20-38-13-15-39(16-14-38)32(42)26-11-8-12-36(26)4/h7,9-10,17-19,26H,8,11-16,20H2,1-6H3,(H2,34,40)(H,35,41)/t26-/m0/s1. The minimum Gasteiger partial charge on any atom is -0.494 e. The molecule has 3 heterocycles. The number of likely N-dealkylation sites (tertiary alicyclic amines) is 1. The van der Waals surface area contributed by atoms with E-state index in [2.05, 4.69) is 21.2 Å². The van der Waals surface area contributed by atoms with E-state index >= 15 is 0 Å². The average molecular weight is 589 g/mol. The molecule has 1 atom stereocenters. The number of para-hydroxylation sites is 1. The van der Waals surface area contributed by atoms with Crippen molar-refractivity contribution in [2.24, 2.45) is 12.8 Å². The van der Waals surface area contributed by atoms with Crippen LogP contribution in [0.5, 0.6) is 5.75 Å². The van der Waals surface area contributed by atoms with Crippen LogP contribution in [0.1, 0.15) is 65.6 Å². The van der Waals surface area contributed by atoms with Crippen molar-refractivity contribution in [2.75, 3.05) is 52.2 Å². The number of nitrogens with one attached hydrogen (secondary N) is 1. The van der Waals surface area contributed by atoms with Crippen molar-refractivity contribution in [3.63, 3.8) is 0 Å². The molecular formula is C33H44N6O4. The van der Waals surface area contributed by atoms with E-state index in [1.807, 2.05) is 68.6 Å². The second-order valence-corrected chi connectivity index (χ2v) is 12.9. The molecule has 2 saturated heterocycles. The predicted molar refractivity (Wildman–Crippen MR) is 169 cm³/mol. The Morgan fingerprint density at radius 2 is 1.74 bits per heavy atom. The summed E-state index contributed by atoms with van der Waals surface area (Å²) < 4.78 is 7.46. The summed E-state index contributed by atoms with van der Waals surface area (Å²) in [5.41, 5.74) is 9.48. The van der Waals surface area contributed by atoms with E-state index in [-0.39, 0.29) is 34.6 Å². The van der Waals surface area contributed by atoms with Crippen LogP contribution >= 0.6 is 0 Å². The van der Waals surface area contributed by atoms with Gasteiger partial charge in [-0.2, -0.15) is 0 Å². The van der Waals surface area contributed by atoms with E-state index in [4.69, 9.17) is 10.5 Å². The number of fused-ring (bicyclic) bond motifs is 1. The number of aryl methyl sites for hydroxylation is 1. The van der Waals surface area contributed by atoms with Gasteiger partial charge in [-0.3, -0.25) is 24.2 Å². The number of carbonyl (C=O) groups is 3. The van der Waals surface area contributed by atoms with E-state index in [0.717, 1.165) is 74.1 Å². The lowest BCUT2D eigenvalue weighted by Gasteiger charge is -2.37. The zero-order valence-corrected chi connectivity index (χ0v) is 26.2. The zero-order valence-electron chi connectivity index (χ0n) is 26.2. The first kappa shape index (κ1) is 30.6. The first-order valence-electron chi connectivity index (χ1n) is 15.0. The predicted octanol–water partition coefficient (Wildman–Crippen LogP) is 3.57. The van der Waals surface area contributed by atoms with Crippen molar-refractivity contribution >= 4 is 34.3 Å². The minimum atomic E-state index is -0.622. The van der Waals surface area contributed by atoms with Crippen LogP contribution in [-0.4, -0.2) is 89.9 Å². The van der Waals surface area contributed by atoms with Crippen LogP contribution in [0.3, 0.4) is 0 Å². The highest BCUT2D eigenvalue weighted by molar-refractivity contribution is 6.08. The number of nitrogens with zero attached hydrogens (tertiary/aromatic N) is 4. The molecule has 3 N–H and O–H groups in total. The van der Waals surface area contributed by atoms with Gasteiger partial charge in [0.15, 0.2) is 5.75 Å². The van der Waals surface area contributed by atoms with Gasteiger partial charge in [0, 0.05) is 45.2 Å². The molecule has 0 aliphatic carbocycles. The van der Waals surface area contributed by atoms with Gasteiger partial charge in [0.25, 0.3) is 11.8 Å². The second kappa shape index (κ2) is 12.0. The van der Waals surface area contributed by atoms with Crippen LogP contribution in [-0.2, 0) is 23.8 Å². The molecule has 0 spiro atoms. The number of ether oxygens (including phenoxy) is 1. The van der Waals surface area contributed by atoms with Gasteiger partial charge < -0.3 is 25.3 Å². The topological polar surface area (TPSA) is 113 Å². The number of benzene rings is 2. The molecule has 2 aromatic carbocycles. The number of anilines is 1. The maximum atomic E-state index is 13.7. The van der Waals surface area contributed by atoms with Gasteiger partial charge in [0.1, 0.15) is 5.69 Å². The summed E-state index contributed by atoms with van der Waals surface area (Å²) in [4.78, 5) is 45.6. The molecule has 3 amide bonds. The molecule has 2 aliphatic heterocycles. The van der Waals surface area contributed by atoms with Crippen molar-refractivity contribution in [3.8, 4) is 5.75 Å². The Morgan fingerprint density at radius 3 is 2.35 bits per heavy atom. The number of amides is 3. The summed E-state index contributed by atoms with van der Waals surface area (Å²) in [5.74, 6) is -0.435. The zero-order chi connectivity index (χ0) is 31.1.